The number of carbonyl (C=O) groups excluding carboxylic acids is 1. The van der Waals surface area contributed by atoms with Crippen LogP contribution in [0.15, 0.2) is 52.4 Å². The lowest BCUT2D eigenvalue weighted by Crippen LogP contribution is -2.40. The molecule has 0 aliphatic carbocycles. The van der Waals surface area contributed by atoms with E-state index in [0.717, 1.165) is 0 Å². The first-order chi connectivity index (χ1) is 19.7. The van der Waals surface area contributed by atoms with Gasteiger partial charge in [-0.3, -0.25) is 4.79 Å². The maximum absolute atomic E-state index is 13.6. The summed E-state index contributed by atoms with van der Waals surface area (Å²) in [5.41, 5.74) is 0.899. The molecule has 0 spiro atoms. The molecular weight excluding hydrogens is 625 g/mol. The van der Waals surface area contributed by atoms with Crippen LogP contribution in [0.25, 0.3) is 21.0 Å². The molecule has 1 unspecified atom stereocenters. The van der Waals surface area contributed by atoms with Gasteiger partial charge in [-0.05, 0) is 97.9 Å². The SMILES string of the molecule is CC(=O)Nc1ccc(-c2cnc(-c3ccc(NC(=S)NC(C)C)cc3S(=O)(=O)NC(C)(C)C)s2)c([S+]([O-])NC(C)(C)C)c1. The summed E-state index contributed by atoms with van der Waals surface area (Å²) in [5.74, 6) is -0.246. The Bertz CT molecular complexity index is 1590. The lowest BCUT2D eigenvalue weighted by atomic mass is 10.1. The zero-order chi connectivity index (χ0) is 32.3. The molecule has 0 fully saturated rings. The Kier molecular flexibility index (Phi) is 11.0. The molecule has 3 aromatic rings. The van der Waals surface area contributed by atoms with Crippen LogP contribution in [0, 0.1) is 0 Å². The highest BCUT2D eigenvalue weighted by atomic mass is 32.2. The number of nitrogens with zero attached hydrogens (tertiary/aromatic N) is 1. The van der Waals surface area contributed by atoms with Crippen LogP contribution in [0.1, 0.15) is 62.3 Å². The molecule has 0 aliphatic rings. The van der Waals surface area contributed by atoms with Gasteiger partial charge in [0, 0.05) is 47.7 Å². The van der Waals surface area contributed by atoms with Gasteiger partial charge in [0.05, 0.1) is 32.2 Å². The van der Waals surface area contributed by atoms with Crippen LogP contribution in [0.5, 0.6) is 0 Å². The number of hydrogen-bond acceptors (Lipinski definition) is 8. The molecule has 43 heavy (non-hydrogen) atoms. The Morgan fingerprint density at radius 3 is 2.14 bits per heavy atom. The monoisotopic (exact) mass is 664 g/mol. The fourth-order valence-electron chi connectivity index (χ4n) is 3.90. The van der Waals surface area contributed by atoms with Crippen molar-refractivity contribution in [2.75, 3.05) is 10.6 Å². The highest BCUT2D eigenvalue weighted by Gasteiger charge is 2.29. The average Bonchev–Trinajstić information content (AvgIpc) is 3.30. The topological polar surface area (TPSA) is 147 Å². The number of amides is 1. The Labute approximate surface area is 267 Å². The predicted molar refractivity (Wildman–Crippen MR) is 181 cm³/mol. The minimum atomic E-state index is -3.98. The highest BCUT2D eigenvalue weighted by Crippen LogP contribution is 2.39. The van der Waals surface area contributed by atoms with Gasteiger partial charge in [-0.2, -0.15) is 0 Å². The van der Waals surface area contributed by atoms with Crippen LogP contribution in [0.2, 0.25) is 0 Å². The van der Waals surface area contributed by atoms with Crippen LogP contribution in [0.4, 0.5) is 11.4 Å². The third kappa shape index (κ3) is 10.2. The van der Waals surface area contributed by atoms with Gasteiger partial charge in [0.25, 0.3) is 0 Å². The number of benzene rings is 2. The summed E-state index contributed by atoms with van der Waals surface area (Å²) >= 11 is 5.02. The molecule has 14 heteroatoms. The molecule has 3 rings (SSSR count). The maximum Gasteiger partial charge on any atom is 0.241 e. The highest BCUT2D eigenvalue weighted by molar-refractivity contribution is 7.90. The van der Waals surface area contributed by atoms with Gasteiger partial charge in [-0.25, -0.2) is 18.1 Å². The number of aromatic nitrogens is 1. The van der Waals surface area contributed by atoms with E-state index >= 15 is 0 Å². The van der Waals surface area contributed by atoms with E-state index < -0.39 is 32.5 Å². The molecule has 0 radical (unpaired) electrons. The van der Waals surface area contributed by atoms with Crippen LogP contribution >= 0.6 is 23.6 Å². The van der Waals surface area contributed by atoms with E-state index in [-0.39, 0.29) is 16.8 Å². The number of thiazole rings is 1. The van der Waals surface area contributed by atoms with Gasteiger partial charge in [0.15, 0.2) is 10.0 Å². The summed E-state index contributed by atoms with van der Waals surface area (Å²) in [4.78, 5) is 17.5. The number of carbonyl (C=O) groups is 1. The molecule has 0 aliphatic heterocycles. The van der Waals surface area contributed by atoms with Crippen molar-refractivity contribution in [1.29, 1.82) is 0 Å². The summed E-state index contributed by atoms with van der Waals surface area (Å²) in [6.45, 7) is 16.3. The molecule has 1 heterocycles. The zero-order valence-corrected chi connectivity index (χ0v) is 29.1. The number of rotatable bonds is 9. The Morgan fingerprint density at radius 1 is 0.977 bits per heavy atom. The molecule has 5 N–H and O–H groups in total. The van der Waals surface area contributed by atoms with Gasteiger partial charge < -0.3 is 20.5 Å². The van der Waals surface area contributed by atoms with Crippen molar-refractivity contribution in [2.24, 2.45) is 0 Å². The molecule has 1 amide bonds. The van der Waals surface area contributed by atoms with Crippen molar-refractivity contribution in [1.82, 2.24) is 19.7 Å². The summed E-state index contributed by atoms with van der Waals surface area (Å²) in [7, 11) is -3.98. The largest absolute Gasteiger partial charge is 0.593 e. The second-order valence-electron chi connectivity index (χ2n) is 12.4. The van der Waals surface area contributed by atoms with Crippen molar-refractivity contribution in [3.63, 3.8) is 0 Å². The lowest BCUT2D eigenvalue weighted by Gasteiger charge is -2.23. The van der Waals surface area contributed by atoms with Crippen LogP contribution in [-0.4, -0.2) is 46.1 Å². The van der Waals surface area contributed by atoms with E-state index in [1.807, 2.05) is 34.6 Å². The standard InChI is InChI=1S/C29H40N6O4S4/c1-17(2)31-27(40)33-20-11-13-22(25(15-20)43(38,39)35-29(7,8)9)26-30-16-23(41-26)21-12-10-19(32-18(3)36)14-24(21)42(37)34-28(4,5)6/h10-17,34-35H,1-9H3,(H,32,36)(H2,31,33,40). The summed E-state index contributed by atoms with van der Waals surface area (Å²) in [6.07, 6.45) is 1.63. The first-order valence-electron chi connectivity index (χ1n) is 13.6. The normalized spacial score (nSPS) is 13.1. The minimum absolute atomic E-state index is 0.0416. The first-order valence-corrected chi connectivity index (χ1v) is 17.4. The van der Waals surface area contributed by atoms with E-state index in [0.29, 0.717) is 42.4 Å². The predicted octanol–water partition coefficient (Wildman–Crippen LogP) is 5.62. The van der Waals surface area contributed by atoms with Gasteiger partial charge in [-0.1, -0.05) is 0 Å². The second kappa shape index (κ2) is 13.6. The van der Waals surface area contributed by atoms with Crippen molar-refractivity contribution in [2.45, 2.75) is 89.2 Å². The Hall–Kier alpha value is -2.59. The molecule has 0 bridgehead atoms. The Morgan fingerprint density at radius 2 is 1.58 bits per heavy atom. The van der Waals surface area contributed by atoms with Crippen LogP contribution in [0.3, 0.4) is 0 Å². The minimum Gasteiger partial charge on any atom is -0.593 e. The van der Waals surface area contributed by atoms with E-state index in [1.165, 1.54) is 24.3 Å². The Balaban J connectivity index is 2.13. The molecule has 0 saturated carbocycles. The lowest BCUT2D eigenvalue weighted by molar-refractivity contribution is -0.114. The van der Waals surface area contributed by atoms with Crippen molar-refractivity contribution < 1.29 is 17.8 Å². The van der Waals surface area contributed by atoms with E-state index in [4.69, 9.17) is 12.2 Å². The third-order valence-electron chi connectivity index (χ3n) is 5.29. The summed E-state index contributed by atoms with van der Waals surface area (Å²) in [6, 6.07) is 10.2. The van der Waals surface area contributed by atoms with E-state index in [9.17, 15) is 17.8 Å². The second-order valence-corrected chi connectivity index (χ2v) is 16.6. The zero-order valence-electron chi connectivity index (χ0n) is 25.8. The summed E-state index contributed by atoms with van der Waals surface area (Å²) < 4.78 is 46.5. The molecule has 10 nitrogen and oxygen atoms in total. The number of nitrogens with one attached hydrogen (secondary N) is 5. The first kappa shape index (κ1) is 34.9. The summed E-state index contributed by atoms with van der Waals surface area (Å²) in [5, 5.41) is 9.72. The number of thiocarbonyl (C=S) groups is 1. The maximum atomic E-state index is 13.6. The molecule has 1 atom stereocenters. The van der Waals surface area contributed by atoms with Gasteiger partial charge >= 0.3 is 0 Å². The van der Waals surface area contributed by atoms with Crippen LogP contribution in [-0.2, 0) is 26.2 Å². The van der Waals surface area contributed by atoms with E-state index in [2.05, 4.69) is 30.4 Å². The van der Waals surface area contributed by atoms with Crippen molar-refractivity contribution in [3.8, 4) is 21.0 Å². The van der Waals surface area contributed by atoms with Gasteiger partial charge in [0.1, 0.15) is 5.01 Å². The smallest absolute Gasteiger partial charge is 0.241 e. The fraction of sp³-hybridized carbons (Fsp3) is 0.414. The van der Waals surface area contributed by atoms with Gasteiger partial charge in [0.2, 0.25) is 15.9 Å². The molecular formula is C29H40N6O4S4. The average molecular weight is 665 g/mol. The van der Waals surface area contributed by atoms with Crippen LogP contribution < -0.4 is 25.4 Å². The third-order valence-corrected chi connectivity index (χ3v) is 9.91. The van der Waals surface area contributed by atoms with E-state index in [1.54, 1.807) is 57.3 Å². The molecule has 1 aromatic heterocycles. The number of sulfonamides is 1. The fourth-order valence-corrected chi connectivity index (χ4v) is 8.31. The number of hydrogen-bond donors (Lipinski definition) is 5. The number of anilines is 2. The van der Waals surface area contributed by atoms with Crippen molar-refractivity contribution >= 4 is 67.3 Å². The van der Waals surface area contributed by atoms with Crippen molar-refractivity contribution in [3.05, 3.63) is 42.6 Å². The van der Waals surface area contributed by atoms with Gasteiger partial charge in [-0.15, -0.1) is 16.1 Å². The molecule has 2 aromatic carbocycles. The quantitative estimate of drug-likeness (QED) is 0.145. The molecule has 234 valence electrons. The molecule has 0 saturated heterocycles.